The summed E-state index contributed by atoms with van der Waals surface area (Å²) in [7, 11) is 0. The molecule has 5 aromatic rings. The van der Waals surface area contributed by atoms with E-state index in [1.165, 1.54) is 28.0 Å². The largest absolute Gasteiger partial charge is 0.507 e. The van der Waals surface area contributed by atoms with E-state index >= 15 is 0 Å². The topological polar surface area (TPSA) is 102 Å². The van der Waals surface area contributed by atoms with Gasteiger partial charge in [0.15, 0.2) is 4.34 Å². The molecule has 1 N–H and O–H groups in total. The second-order valence-electron chi connectivity index (χ2n) is 10.6. The van der Waals surface area contributed by atoms with Gasteiger partial charge in [0.2, 0.25) is 5.13 Å². The first kappa shape index (κ1) is 32.3. The van der Waals surface area contributed by atoms with Crippen LogP contribution < -0.4 is 14.4 Å². The minimum atomic E-state index is -0.996. The number of amides is 1. The Hall–Kier alpha value is -4.64. The molecule has 0 spiro atoms. The number of hydrogen-bond acceptors (Lipinski definition) is 9. The van der Waals surface area contributed by atoms with Crippen LogP contribution in [0, 0.1) is 0 Å². The van der Waals surface area contributed by atoms with Gasteiger partial charge in [0.1, 0.15) is 23.0 Å². The fourth-order valence-corrected chi connectivity index (χ4v) is 7.18. The number of rotatable bonds is 12. The quantitative estimate of drug-likeness (QED) is 0.0347. The number of carbonyl (C=O) groups excluding carboxylic acids is 2. The van der Waals surface area contributed by atoms with Gasteiger partial charge in [0.25, 0.3) is 5.78 Å². The van der Waals surface area contributed by atoms with Crippen LogP contribution in [0.2, 0.25) is 5.02 Å². The van der Waals surface area contributed by atoms with Crippen molar-refractivity contribution >= 4 is 57.3 Å². The summed E-state index contributed by atoms with van der Waals surface area (Å²) in [4.78, 5) is 28.8. The summed E-state index contributed by atoms with van der Waals surface area (Å²) in [6.45, 7) is 2.66. The molecule has 1 unspecified atom stereocenters. The lowest BCUT2D eigenvalue weighted by atomic mass is 9.95. The fraction of sp³-hybridized carbons (Fsp3) is 0.167. The summed E-state index contributed by atoms with van der Waals surface area (Å²) in [6.07, 6.45) is 1.93. The number of aromatic nitrogens is 2. The number of ether oxygens (including phenoxy) is 2. The van der Waals surface area contributed by atoms with Crippen LogP contribution in [0.3, 0.4) is 0 Å². The van der Waals surface area contributed by atoms with E-state index in [0.29, 0.717) is 50.1 Å². The first-order chi connectivity index (χ1) is 22.9. The summed E-state index contributed by atoms with van der Waals surface area (Å²) in [6, 6.07) is 29.7. The first-order valence-corrected chi connectivity index (χ1v) is 17.2. The summed E-state index contributed by atoms with van der Waals surface area (Å²) in [5, 5.41) is 21.1. The number of ketones is 1. The van der Waals surface area contributed by atoms with Gasteiger partial charge in [-0.05, 0) is 72.1 Å². The Balaban J connectivity index is 1.37. The van der Waals surface area contributed by atoms with Gasteiger partial charge in [-0.2, -0.15) is 0 Å². The molecule has 0 bridgehead atoms. The number of halogens is 1. The normalized spacial score (nSPS) is 15.6. The van der Waals surface area contributed by atoms with Gasteiger partial charge < -0.3 is 14.6 Å². The zero-order valence-electron chi connectivity index (χ0n) is 25.3. The van der Waals surface area contributed by atoms with Gasteiger partial charge in [-0.15, -0.1) is 10.2 Å². The molecule has 47 heavy (non-hydrogen) atoms. The van der Waals surface area contributed by atoms with Crippen molar-refractivity contribution in [2.75, 3.05) is 11.5 Å². The van der Waals surface area contributed by atoms with Crippen molar-refractivity contribution in [2.24, 2.45) is 0 Å². The predicted molar refractivity (Wildman–Crippen MR) is 186 cm³/mol. The molecule has 1 fully saturated rings. The molecule has 1 saturated heterocycles. The molecule has 0 radical (unpaired) electrons. The number of aliphatic hydroxyl groups is 1. The van der Waals surface area contributed by atoms with Crippen LogP contribution in [0.15, 0.2) is 113 Å². The third-order valence-corrected chi connectivity index (χ3v) is 9.88. The van der Waals surface area contributed by atoms with E-state index in [1.807, 2.05) is 54.6 Å². The Morgan fingerprint density at radius 2 is 1.66 bits per heavy atom. The number of carbonyl (C=O) groups is 2. The second-order valence-corrected chi connectivity index (χ2v) is 13.2. The van der Waals surface area contributed by atoms with Crippen LogP contribution in [0.4, 0.5) is 5.13 Å². The maximum atomic E-state index is 13.7. The highest BCUT2D eigenvalue weighted by Gasteiger charge is 2.48. The van der Waals surface area contributed by atoms with Crippen molar-refractivity contribution in [3.8, 4) is 17.2 Å². The monoisotopic (exact) mass is 683 g/mol. The SMILES string of the molecule is CCCCOc1ccc(C(O)=C2C(=O)C(=O)N(c3nnc(SCc4ccccc4Cl)s3)C2c2cccc(Oc3ccccc3)c2)cc1. The van der Waals surface area contributed by atoms with Gasteiger partial charge in [-0.1, -0.05) is 96.6 Å². The molecule has 11 heteroatoms. The lowest BCUT2D eigenvalue weighted by Gasteiger charge is -2.23. The number of nitrogens with zero attached hydrogens (tertiary/aromatic N) is 3. The van der Waals surface area contributed by atoms with Crippen LogP contribution in [-0.2, 0) is 15.3 Å². The average Bonchev–Trinajstić information content (AvgIpc) is 3.66. The third kappa shape index (κ3) is 7.35. The van der Waals surface area contributed by atoms with Crippen molar-refractivity contribution in [2.45, 2.75) is 35.9 Å². The summed E-state index contributed by atoms with van der Waals surface area (Å²) in [5.74, 6) is 0.380. The average molecular weight is 684 g/mol. The first-order valence-electron chi connectivity index (χ1n) is 15.0. The molecule has 0 aliphatic carbocycles. The van der Waals surface area contributed by atoms with E-state index in [4.69, 9.17) is 21.1 Å². The molecule has 238 valence electrons. The smallest absolute Gasteiger partial charge is 0.301 e. The molecule has 1 atom stereocenters. The lowest BCUT2D eigenvalue weighted by molar-refractivity contribution is -0.132. The summed E-state index contributed by atoms with van der Waals surface area (Å²) < 4.78 is 12.4. The van der Waals surface area contributed by atoms with Crippen LogP contribution in [0.25, 0.3) is 5.76 Å². The van der Waals surface area contributed by atoms with E-state index in [-0.39, 0.29) is 16.5 Å². The van der Waals surface area contributed by atoms with Crippen LogP contribution in [-0.4, -0.2) is 33.6 Å². The maximum Gasteiger partial charge on any atom is 0.301 e. The molecule has 1 aliphatic heterocycles. The molecule has 2 heterocycles. The number of Topliss-reactive ketones (excluding diaryl/α,β-unsaturated/α-hetero) is 1. The number of unbranched alkanes of at least 4 members (excludes halogenated alkanes) is 1. The maximum absolute atomic E-state index is 13.7. The lowest BCUT2D eigenvalue weighted by Crippen LogP contribution is -2.29. The zero-order chi connectivity index (χ0) is 32.8. The number of thioether (sulfide) groups is 1. The Labute approximate surface area is 285 Å². The van der Waals surface area contributed by atoms with E-state index in [0.717, 1.165) is 18.4 Å². The van der Waals surface area contributed by atoms with E-state index in [2.05, 4.69) is 17.1 Å². The van der Waals surface area contributed by atoms with Crippen molar-refractivity contribution < 1.29 is 24.2 Å². The van der Waals surface area contributed by atoms with Gasteiger partial charge in [0, 0.05) is 16.3 Å². The van der Waals surface area contributed by atoms with Gasteiger partial charge in [0.05, 0.1) is 18.2 Å². The van der Waals surface area contributed by atoms with E-state index < -0.39 is 17.7 Å². The van der Waals surface area contributed by atoms with Crippen LogP contribution in [0.5, 0.6) is 17.2 Å². The van der Waals surface area contributed by atoms with Crippen molar-refractivity contribution in [1.82, 2.24) is 10.2 Å². The highest BCUT2D eigenvalue weighted by molar-refractivity contribution is 8.00. The number of aliphatic hydroxyl groups excluding tert-OH is 1. The van der Waals surface area contributed by atoms with Gasteiger partial charge in [-0.3, -0.25) is 14.5 Å². The Morgan fingerprint density at radius 1 is 0.915 bits per heavy atom. The molecular weight excluding hydrogens is 654 g/mol. The third-order valence-electron chi connectivity index (χ3n) is 7.40. The molecule has 8 nitrogen and oxygen atoms in total. The molecule has 1 aliphatic rings. The van der Waals surface area contributed by atoms with E-state index in [1.54, 1.807) is 48.5 Å². The standard InChI is InChI=1S/C36H30ClN3O5S2/c1-2-3-20-44-26-18-16-23(17-19-26)32(41)30-31(24-11-9-14-28(21-24)45-27-12-5-4-6-13-27)40(34(43)33(30)42)35-38-39-36(47-35)46-22-25-10-7-8-15-29(25)37/h4-19,21,31,41H,2-3,20,22H2,1H3. The van der Waals surface area contributed by atoms with Crippen LogP contribution >= 0.6 is 34.7 Å². The van der Waals surface area contributed by atoms with Crippen molar-refractivity contribution in [3.63, 3.8) is 0 Å². The minimum Gasteiger partial charge on any atom is -0.507 e. The number of para-hydroxylation sites is 1. The molecule has 0 saturated carbocycles. The van der Waals surface area contributed by atoms with Crippen molar-refractivity contribution in [1.29, 1.82) is 0 Å². The Bertz CT molecular complexity index is 1910. The highest BCUT2D eigenvalue weighted by atomic mass is 35.5. The number of anilines is 1. The highest BCUT2D eigenvalue weighted by Crippen LogP contribution is 2.45. The van der Waals surface area contributed by atoms with Crippen LogP contribution in [0.1, 0.15) is 42.5 Å². The molecular formula is C36H30ClN3O5S2. The number of benzene rings is 4. The summed E-state index contributed by atoms with van der Waals surface area (Å²) >= 11 is 8.95. The molecule has 1 amide bonds. The van der Waals surface area contributed by atoms with Gasteiger partial charge in [-0.25, -0.2) is 0 Å². The van der Waals surface area contributed by atoms with E-state index in [9.17, 15) is 14.7 Å². The summed E-state index contributed by atoms with van der Waals surface area (Å²) in [5.41, 5.74) is 1.81. The number of hydrogen-bond donors (Lipinski definition) is 1. The zero-order valence-corrected chi connectivity index (χ0v) is 27.7. The minimum absolute atomic E-state index is 0.0630. The van der Waals surface area contributed by atoms with Gasteiger partial charge >= 0.3 is 5.91 Å². The molecule has 4 aromatic carbocycles. The fourth-order valence-electron chi connectivity index (χ4n) is 5.03. The Morgan fingerprint density at radius 3 is 2.43 bits per heavy atom. The predicted octanol–water partition coefficient (Wildman–Crippen LogP) is 9.08. The second kappa shape index (κ2) is 14.8. The Kier molecular flexibility index (Phi) is 10.2. The molecule has 1 aromatic heterocycles. The van der Waals surface area contributed by atoms with Crippen molar-refractivity contribution in [3.05, 3.63) is 130 Å². The molecule has 6 rings (SSSR count).